The number of ether oxygens (including phenoxy) is 1. The molecule has 1 fully saturated rings. The van der Waals surface area contributed by atoms with Crippen LogP contribution in [0.2, 0.25) is 0 Å². The van der Waals surface area contributed by atoms with Crippen molar-refractivity contribution >= 4 is 17.8 Å². The van der Waals surface area contributed by atoms with Gasteiger partial charge < -0.3 is 4.74 Å². The molecular formula is C22H28N4O4. The van der Waals surface area contributed by atoms with Crippen molar-refractivity contribution in [2.45, 2.75) is 46.0 Å². The molecule has 1 aromatic heterocycles. The summed E-state index contributed by atoms with van der Waals surface area (Å²) in [5, 5.41) is 7.42. The van der Waals surface area contributed by atoms with E-state index in [-0.39, 0.29) is 17.8 Å². The lowest BCUT2D eigenvalue weighted by Gasteiger charge is -2.28. The first-order valence-electron chi connectivity index (χ1n) is 10.4. The maximum absolute atomic E-state index is 13.1. The molecule has 30 heavy (non-hydrogen) atoms. The van der Waals surface area contributed by atoms with Gasteiger partial charge in [0, 0.05) is 25.9 Å². The number of unbranched alkanes of at least 4 members (excludes halogenated alkanes) is 1. The SMILES string of the molecule is CCOC(=O)CCCCC(=O)N1CCCN1C(=O)c1cnn(-c2ccccc2)c1C. The molecule has 0 aliphatic carbocycles. The average Bonchev–Trinajstić information content (AvgIpc) is 3.38. The Labute approximate surface area is 176 Å². The molecule has 3 rings (SSSR count). The Morgan fingerprint density at radius 2 is 1.73 bits per heavy atom. The van der Waals surface area contributed by atoms with Crippen molar-refractivity contribution in [3.63, 3.8) is 0 Å². The van der Waals surface area contributed by atoms with E-state index in [2.05, 4.69) is 5.10 Å². The molecule has 8 nitrogen and oxygen atoms in total. The summed E-state index contributed by atoms with van der Waals surface area (Å²) in [7, 11) is 0. The second kappa shape index (κ2) is 10.0. The van der Waals surface area contributed by atoms with Crippen molar-refractivity contribution in [2.75, 3.05) is 19.7 Å². The first-order chi connectivity index (χ1) is 14.5. The van der Waals surface area contributed by atoms with Gasteiger partial charge in [-0.1, -0.05) is 18.2 Å². The highest BCUT2D eigenvalue weighted by atomic mass is 16.5. The number of nitrogens with zero attached hydrogens (tertiary/aromatic N) is 4. The number of para-hydroxylation sites is 1. The van der Waals surface area contributed by atoms with Crippen molar-refractivity contribution in [1.29, 1.82) is 0 Å². The molecule has 1 saturated heterocycles. The van der Waals surface area contributed by atoms with E-state index in [1.54, 1.807) is 17.8 Å². The van der Waals surface area contributed by atoms with Crippen LogP contribution in [-0.4, -0.2) is 57.3 Å². The number of amides is 2. The zero-order valence-electron chi connectivity index (χ0n) is 17.5. The topological polar surface area (TPSA) is 84.7 Å². The van der Waals surface area contributed by atoms with Crippen LogP contribution in [0.3, 0.4) is 0 Å². The average molecular weight is 412 g/mol. The van der Waals surface area contributed by atoms with Gasteiger partial charge >= 0.3 is 5.97 Å². The lowest BCUT2D eigenvalue weighted by molar-refractivity contribution is -0.144. The molecule has 2 aromatic rings. The van der Waals surface area contributed by atoms with Crippen molar-refractivity contribution < 1.29 is 19.1 Å². The van der Waals surface area contributed by atoms with Gasteiger partial charge in [0.15, 0.2) is 0 Å². The predicted molar refractivity (Wildman–Crippen MR) is 111 cm³/mol. The third kappa shape index (κ3) is 4.87. The lowest BCUT2D eigenvalue weighted by atomic mass is 10.2. The highest BCUT2D eigenvalue weighted by molar-refractivity contribution is 5.96. The number of carbonyl (C=O) groups excluding carboxylic acids is 3. The van der Waals surface area contributed by atoms with E-state index in [1.165, 1.54) is 10.0 Å². The summed E-state index contributed by atoms with van der Waals surface area (Å²) in [6.07, 6.45) is 4.08. The minimum atomic E-state index is -0.242. The van der Waals surface area contributed by atoms with E-state index >= 15 is 0 Å². The second-order valence-corrected chi connectivity index (χ2v) is 7.20. The minimum Gasteiger partial charge on any atom is -0.466 e. The van der Waals surface area contributed by atoms with E-state index in [1.807, 2.05) is 37.3 Å². The Bertz CT molecular complexity index is 894. The number of benzene rings is 1. The third-order valence-corrected chi connectivity index (χ3v) is 5.12. The first kappa shape index (κ1) is 21.5. The van der Waals surface area contributed by atoms with Crippen LogP contribution < -0.4 is 0 Å². The number of carbonyl (C=O) groups is 3. The zero-order chi connectivity index (χ0) is 21.5. The monoisotopic (exact) mass is 412 g/mol. The molecule has 1 aliphatic rings. The smallest absolute Gasteiger partial charge is 0.305 e. The standard InChI is InChI=1S/C22H28N4O4/c1-3-30-21(28)13-8-7-12-20(27)24-14-9-15-25(24)22(29)19-16-23-26(17(19)2)18-10-5-4-6-11-18/h4-6,10-11,16H,3,7-9,12-15H2,1-2H3. The molecule has 0 radical (unpaired) electrons. The fourth-order valence-electron chi connectivity index (χ4n) is 3.58. The van der Waals surface area contributed by atoms with Crippen molar-refractivity contribution in [3.05, 3.63) is 47.8 Å². The molecule has 160 valence electrons. The number of aromatic nitrogens is 2. The molecule has 0 unspecified atom stereocenters. The number of hydrogen-bond acceptors (Lipinski definition) is 5. The van der Waals surface area contributed by atoms with Gasteiger partial charge in [0.25, 0.3) is 5.91 Å². The highest BCUT2D eigenvalue weighted by Gasteiger charge is 2.32. The maximum Gasteiger partial charge on any atom is 0.305 e. The molecule has 0 N–H and O–H groups in total. The zero-order valence-corrected chi connectivity index (χ0v) is 17.5. The summed E-state index contributed by atoms with van der Waals surface area (Å²) in [6, 6.07) is 9.61. The lowest BCUT2D eigenvalue weighted by Crippen LogP contribution is -2.44. The summed E-state index contributed by atoms with van der Waals surface area (Å²) in [4.78, 5) is 37.2. The van der Waals surface area contributed by atoms with E-state index in [9.17, 15) is 14.4 Å². The molecule has 0 saturated carbocycles. The van der Waals surface area contributed by atoms with Crippen LogP contribution in [0.1, 0.15) is 55.1 Å². The summed E-state index contributed by atoms with van der Waals surface area (Å²) < 4.78 is 6.62. The fourth-order valence-corrected chi connectivity index (χ4v) is 3.58. The van der Waals surface area contributed by atoms with Gasteiger partial charge in [-0.2, -0.15) is 5.10 Å². The summed E-state index contributed by atoms with van der Waals surface area (Å²) in [5.74, 6) is -0.557. The fraction of sp³-hybridized carbons (Fsp3) is 0.455. The van der Waals surface area contributed by atoms with Crippen LogP contribution in [0, 0.1) is 6.92 Å². The highest BCUT2D eigenvalue weighted by Crippen LogP contribution is 2.21. The van der Waals surface area contributed by atoms with Gasteiger partial charge in [0.2, 0.25) is 5.91 Å². The number of rotatable bonds is 8. The van der Waals surface area contributed by atoms with Gasteiger partial charge in [0.1, 0.15) is 0 Å². The number of esters is 1. The second-order valence-electron chi connectivity index (χ2n) is 7.20. The van der Waals surface area contributed by atoms with Crippen molar-refractivity contribution in [2.24, 2.45) is 0 Å². The Hall–Kier alpha value is -3.16. The van der Waals surface area contributed by atoms with Crippen LogP contribution in [-0.2, 0) is 14.3 Å². The minimum absolute atomic E-state index is 0.0992. The molecule has 0 bridgehead atoms. The maximum atomic E-state index is 13.1. The largest absolute Gasteiger partial charge is 0.466 e. The molecule has 0 atom stereocenters. The molecule has 2 amide bonds. The Balaban J connectivity index is 1.61. The molecule has 8 heteroatoms. The number of hydrazine groups is 1. The third-order valence-electron chi connectivity index (χ3n) is 5.12. The molecule has 1 aromatic carbocycles. The molecule has 2 heterocycles. The van der Waals surface area contributed by atoms with E-state index < -0.39 is 0 Å². The van der Waals surface area contributed by atoms with Gasteiger partial charge in [-0.3, -0.25) is 19.4 Å². The number of hydrogen-bond donors (Lipinski definition) is 0. The van der Waals surface area contributed by atoms with Crippen LogP contribution >= 0.6 is 0 Å². The predicted octanol–water partition coefficient (Wildman–Crippen LogP) is 2.89. The van der Waals surface area contributed by atoms with E-state index in [0.717, 1.165) is 17.8 Å². The van der Waals surface area contributed by atoms with Crippen LogP contribution in [0.15, 0.2) is 36.5 Å². The Morgan fingerprint density at radius 1 is 1.03 bits per heavy atom. The van der Waals surface area contributed by atoms with Gasteiger partial charge in [-0.05, 0) is 45.2 Å². The van der Waals surface area contributed by atoms with Gasteiger partial charge in [0.05, 0.1) is 29.7 Å². The quantitative estimate of drug-likeness (QED) is 0.492. The van der Waals surface area contributed by atoms with Crippen LogP contribution in [0.25, 0.3) is 5.69 Å². The molecular weight excluding hydrogens is 384 g/mol. The van der Waals surface area contributed by atoms with E-state index in [4.69, 9.17) is 4.74 Å². The van der Waals surface area contributed by atoms with Crippen LogP contribution in [0.4, 0.5) is 0 Å². The Morgan fingerprint density at radius 3 is 2.47 bits per heavy atom. The van der Waals surface area contributed by atoms with Gasteiger partial charge in [-0.25, -0.2) is 9.69 Å². The summed E-state index contributed by atoms with van der Waals surface area (Å²) >= 11 is 0. The van der Waals surface area contributed by atoms with Crippen molar-refractivity contribution in [3.8, 4) is 5.69 Å². The summed E-state index contributed by atoms with van der Waals surface area (Å²) in [6.45, 7) is 5.01. The van der Waals surface area contributed by atoms with Crippen LogP contribution in [0.5, 0.6) is 0 Å². The van der Waals surface area contributed by atoms with Crippen molar-refractivity contribution in [1.82, 2.24) is 19.8 Å². The molecule has 1 aliphatic heterocycles. The summed E-state index contributed by atoms with van der Waals surface area (Å²) in [5.41, 5.74) is 2.10. The van der Waals surface area contributed by atoms with E-state index in [0.29, 0.717) is 50.9 Å². The van der Waals surface area contributed by atoms with Gasteiger partial charge in [-0.15, -0.1) is 0 Å². The Kier molecular flexibility index (Phi) is 7.21. The molecule has 0 spiro atoms. The normalized spacial score (nSPS) is 13.5. The first-order valence-corrected chi connectivity index (χ1v) is 10.4.